The van der Waals surface area contributed by atoms with Gasteiger partial charge in [-0.1, -0.05) is 17.3 Å². The molecule has 1 aliphatic rings. The number of hydrogen-bond acceptors (Lipinski definition) is 7. The topological polar surface area (TPSA) is 101 Å². The van der Waals surface area contributed by atoms with Gasteiger partial charge in [0.15, 0.2) is 17.1 Å². The van der Waals surface area contributed by atoms with Gasteiger partial charge in [-0.25, -0.2) is 0 Å². The molecule has 0 aliphatic carbocycles. The van der Waals surface area contributed by atoms with Gasteiger partial charge in [0, 0.05) is 18.5 Å². The number of nitrogens with zero attached hydrogens (tertiary/aromatic N) is 6. The molecular weight excluding hydrogens is 358 g/mol. The third kappa shape index (κ3) is 3.04. The lowest BCUT2D eigenvalue weighted by molar-refractivity contribution is -0.120. The van der Waals surface area contributed by atoms with Gasteiger partial charge in [-0.2, -0.15) is 4.52 Å². The quantitative estimate of drug-likeness (QED) is 0.565. The summed E-state index contributed by atoms with van der Waals surface area (Å²) in [7, 11) is 0. The van der Waals surface area contributed by atoms with Crippen LogP contribution < -0.4 is 10.2 Å². The average Bonchev–Trinajstić information content (AvgIpc) is 3.46. The smallest absolute Gasteiger partial charge is 0.226 e. The van der Waals surface area contributed by atoms with Gasteiger partial charge >= 0.3 is 0 Å². The number of nitrogens with one attached hydrogen (secondary N) is 1. The van der Waals surface area contributed by atoms with Crippen LogP contribution in [0.2, 0.25) is 0 Å². The van der Waals surface area contributed by atoms with E-state index in [4.69, 9.17) is 4.52 Å². The first-order chi connectivity index (χ1) is 13.8. The summed E-state index contributed by atoms with van der Waals surface area (Å²) in [6.07, 6.45) is 2.50. The van der Waals surface area contributed by atoms with Gasteiger partial charge < -0.3 is 14.7 Å². The van der Waals surface area contributed by atoms with Crippen molar-refractivity contribution < 1.29 is 9.32 Å². The number of fused-ring (bicyclic) bond motifs is 2. The number of carbonyl (C=O) groups is 1. The minimum absolute atomic E-state index is 0.139. The highest BCUT2D eigenvalue weighted by Gasteiger charge is 2.17. The third-order valence-corrected chi connectivity index (χ3v) is 4.97. The van der Waals surface area contributed by atoms with Crippen LogP contribution in [-0.2, 0) is 17.8 Å². The minimum Gasteiger partial charge on any atom is -0.356 e. The lowest BCUT2D eigenvalue weighted by atomic mass is 10.1. The van der Waals surface area contributed by atoms with Crippen molar-refractivity contribution in [2.45, 2.75) is 25.8 Å². The van der Waals surface area contributed by atoms with E-state index in [-0.39, 0.29) is 18.9 Å². The Hall–Kier alpha value is -3.49. The van der Waals surface area contributed by atoms with Gasteiger partial charge in [0.2, 0.25) is 5.91 Å². The molecule has 4 heterocycles. The van der Waals surface area contributed by atoms with Crippen LogP contribution in [0.5, 0.6) is 0 Å². The first-order valence-electron chi connectivity index (χ1n) is 9.34. The van der Waals surface area contributed by atoms with Crippen molar-refractivity contribution in [1.82, 2.24) is 30.3 Å². The maximum absolute atomic E-state index is 12.4. The molecule has 142 valence electrons. The fraction of sp³-hybridized carbons (Fsp3) is 0.316. The van der Waals surface area contributed by atoms with E-state index in [1.54, 1.807) is 4.52 Å². The summed E-state index contributed by atoms with van der Waals surface area (Å²) in [5.41, 5.74) is 1.95. The Kier molecular flexibility index (Phi) is 4.12. The van der Waals surface area contributed by atoms with Crippen molar-refractivity contribution >= 4 is 28.3 Å². The lowest BCUT2D eigenvalue weighted by Gasteiger charge is -2.15. The molecule has 3 aromatic heterocycles. The minimum atomic E-state index is -0.161. The summed E-state index contributed by atoms with van der Waals surface area (Å²) >= 11 is 0. The first kappa shape index (κ1) is 16.7. The second-order valence-corrected chi connectivity index (χ2v) is 6.85. The van der Waals surface area contributed by atoms with E-state index in [9.17, 15) is 4.79 Å². The summed E-state index contributed by atoms with van der Waals surface area (Å²) in [5, 5.41) is 20.7. The Bertz CT molecular complexity index is 1140. The van der Waals surface area contributed by atoms with Crippen molar-refractivity contribution in [2.75, 3.05) is 18.0 Å². The average molecular weight is 377 g/mol. The number of carbonyl (C=O) groups excluding carboxylic acids is 1. The first-order valence-corrected chi connectivity index (χ1v) is 9.34. The highest BCUT2D eigenvalue weighted by molar-refractivity contribution is 5.86. The third-order valence-electron chi connectivity index (χ3n) is 4.97. The van der Waals surface area contributed by atoms with Crippen LogP contribution in [0.4, 0.5) is 5.82 Å². The fourth-order valence-electron chi connectivity index (χ4n) is 3.51. The van der Waals surface area contributed by atoms with E-state index >= 15 is 0 Å². The molecule has 1 saturated heterocycles. The number of amides is 1. The van der Waals surface area contributed by atoms with E-state index in [0.717, 1.165) is 24.3 Å². The largest absolute Gasteiger partial charge is 0.356 e. The number of aromatic nitrogens is 5. The molecule has 9 nitrogen and oxygen atoms in total. The molecule has 9 heteroatoms. The van der Waals surface area contributed by atoms with Gasteiger partial charge in [-0.3, -0.25) is 4.79 Å². The Morgan fingerprint density at radius 2 is 1.96 bits per heavy atom. The second-order valence-electron chi connectivity index (χ2n) is 6.85. The van der Waals surface area contributed by atoms with Crippen LogP contribution in [-0.4, -0.2) is 44.0 Å². The van der Waals surface area contributed by atoms with Crippen LogP contribution in [0.15, 0.2) is 40.9 Å². The van der Waals surface area contributed by atoms with Crippen LogP contribution in [0.3, 0.4) is 0 Å². The number of rotatable bonds is 5. The lowest BCUT2D eigenvalue weighted by Crippen LogP contribution is -2.26. The summed E-state index contributed by atoms with van der Waals surface area (Å²) < 4.78 is 6.94. The molecule has 28 heavy (non-hydrogen) atoms. The van der Waals surface area contributed by atoms with Crippen LogP contribution >= 0.6 is 0 Å². The second kappa shape index (κ2) is 6.91. The van der Waals surface area contributed by atoms with E-state index in [1.165, 1.54) is 12.8 Å². The molecule has 1 fully saturated rings. The van der Waals surface area contributed by atoms with Gasteiger partial charge in [0.1, 0.15) is 11.5 Å². The van der Waals surface area contributed by atoms with Crippen molar-refractivity contribution in [3.63, 3.8) is 0 Å². The predicted molar refractivity (Wildman–Crippen MR) is 102 cm³/mol. The van der Waals surface area contributed by atoms with Crippen LogP contribution in [0.25, 0.3) is 16.6 Å². The van der Waals surface area contributed by atoms with Crippen molar-refractivity contribution in [3.8, 4) is 0 Å². The number of hydrogen-bond donors (Lipinski definition) is 1. The summed E-state index contributed by atoms with van der Waals surface area (Å²) in [4.78, 5) is 14.6. The molecule has 1 aromatic carbocycles. The normalized spacial score (nSPS) is 14.2. The Morgan fingerprint density at radius 3 is 2.86 bits per heavy atom. The highest BCUT2D eigenvalue weighted by Crippen LogP contribution is 2.19. The van der Waals surface area contributed by atoms with Gasteiger partial charge in [0.25, 0.3) is 0 Å². The molecule has 0 bridgehead atoms. The van der Waals surface area contributed by atoms with Crippen molar-refractivity contribution in [2.24, 2.45) is 0 Å². The Labute approximate surface area is 160 Å². The molecule has 0 saturated carbocycles. The Morgan fingerprint density at radius 1 is 1.11 bits per heavy atom. The zero-order chi connectivity index (χ0) is 18.9. The molecule has 0 atom stereocenters. The van der Waals surface area contributed by atoms with Gasteiger partial charge in [-0.15, -0.1) is 15.3 Å². The summed E-state index contributed by atoms with van der Waals surface area (Å²) in [6.45, 7) is 2.27. The molecule has 0 unspecified atom stereocenters. The maximum Gasteiger partial charge on any atom is 0.226 e. The number of para-hydroxylation sites is 1. The van der Waals surface area contributed by atoms with Gasteiger partial charge in [0.05, 0.1) is 13.0 Å². The Balaban J connectivity index is 1.30. The van der Waals surface area contributed by atoms with Gasteiger partial charge in [-0.05, 0) is 37.1 Å². The number of benzene rings is 1. The van der Waals surface area contributed by atoms with E-state index in [0.29, 0.717) is 22.7 Å². The molecule has 1 N–H and O–H groups in total. The molecule has 1 amide bonds. The standard InChI is InChI=1S/C19H19N7O2/c27-19(11-14-13-5-1-2-6-15(13)28-24-14)20-12-18-22-21-16-7-8-17(23-26(16)18)25-9-3-4-10-25/h1-2,5-8H,3-4,9-12H2,(H,20,27). The van der Waals surface area contributed by atoms with Crippen molar-refractivity contribution in [3.05, 3.63) is 47.9 Å². The zero-order valence-electron chi connectivity index (χ0n) is 15.2. The van der Waals surface area contributed by atoms with E-state index in [2.05, 4.69) is 30.7 Å². The van der Waals surface area contributed by atoms with Crippen molar-refractivity contribution in [1.29, 1.82) is 0 Å². The number of anilines is 1. The monoisotopic (exact) mass is 377 g/mol. The predicted octanol–water partition coefficient (Wildman–Crippen LogP) is 1.72. The highest BCUT2D eigenvalue weighted by atomic mass is 16.5. The zero-order valence-corrected chi connectivity index (χ0v) is 15.2. The van der Waals surface area contributed by atoms with Crippen LogP contribution in [0.1, 0.15) is 24.4 Å². The van der Waals surface area contributed by atoms with E-state index in [1.807, 2.05) is 36.4 Å². The summed E-state index contributed by atoms with van der Waals surface area (Å²) in [6, 6.07) is 11.4. The molecule has 0 radical (unpaired) electrons. The SMILES string of the molecule is O=C(Cc1noc2ccccc12)NCc1nnc2ccc(N3CCCC3)nn12. The molecular formula is C19H19N7O2. The molecule has 4 aromatic rings. The molecule has 1 aliphatic heterocycles. The maximum atomic E-state index is 12.4. The summed E-state index contributed by atoms with van der Waals surface area (Å²) in [5.74, 6) is 1.34. The fourth-order valence-corrected chi connectivity index (χ4v) is 3.51. The molecule has 0 spiro atoms. The molecule has 5 rings (SSSR count). The van der Waals surface area contributed by atoms with Crippen LogP contribution in [0, 0.1) is 0 Å². The van der Waals surface area contributed by atoms with E-state index < -0.39 is 0 Å².